The summed E-state index contributed by atoms with van der Waals surface area (Å²) in [5.74, 6) is -3.65. The Morgan fingerprint density at radius 1 is 0.913 bits per heavy atom. The molecule has 1 heterocycles. The van der Waals surface area contributed by atoms with E-state index in [0.717, 1.165) is 61.0 Å². The monoisotopic (exact) mass is 321 g/mol. The van der Waals surface area contributed by atoms with Crippen molar-refractivity contribution in [1.82, 2.24) is 4.98 Å². The Bertz CT molecular complexity index is 527. The smallest absolute Gasteiger partial charge is 0.307 e. The van der Waals surface area contributed by atoms with Crippen molar-refractivity contribution >= 4 is 11.9 Å². The third-order valence-electron chi connectivity index (χ3n) is 4.92. The fourth-order valence-corrected chi connectivity index (χ4v) is 3.57. The van der Waals surface area contributed by atoms with Crippen LogP contribution in [0.1, 0.15) is 62.0 Å². The van der Waals surface area contributed by atoms with Gasteiger partial charge in [0.15, 0.2) is 0 Å². The standard InChI is InChI=1S/C18H27NO4/c1-3-5-7-15-11-9-13(17(20)21)14(18(22)23)10-12(11)16(19-15)8-6-4-2/h13-14,19H,3-10H2,1-2H3,(H,20,21)(H,22,23). The third-order valence-corrected chi connectivity index (χ3v) is 4.92. The average Bonchev–Trinajstić information content (AvgIpc) is 2.86. The highest BCUT2D eigenvalue weighted by atomic mass is 16.4. The maximum atomic E-state index is 11.5. The minimum Gasteiger partial charge on any atom is -0.481 e. The SMILES string of the molecule is CCCCc1[nH]c(CCCC)c2c1CC(C(=O)O)C(C(=O)O)C2. The number of carboxylic acid groups (broad SMARTS) is 2. The first-order valence-corrected chi connectivity index (χ1v) is 8.66. The number of carbonyl (C=O) groups is 2. The van der Waals surface area contributed by atoms with Gasteiger partial charge in [0.1, 0.15) is 0 Å². The van der Waals surface area contributed by atoms with Gasteiger partial charge >= 0.3 is 11.9 Å². The van der Waals surface area contributed by atoms with Crippen molar-refractivity contribution in [1.29, 1.82) is 0 Å². The van der Waals surface area contributed by atoms with E-state index in [-0.39, 0.29) is 0 Å². The number of unbranched alkanes of at least 4 members (excludes halogenated alkanes) is 2. The van der Waals surface area contributed by atoms with Gasteiger partial charge in [0.25, 0.3) is 0 Å². The number of nitrogens with one attached hydrogen (secondary N) is 1. The number of aliphatic carboxylic acids is 2. The van der Waals surface area contributed by atoms with Crippen molar-refractivity contribution < 1.29 is 19.8 Å². The summed E-state index contributed by atoms with van der Waals surface area (Å²) in [4.78, 5) is 26.5. The fourth-order valence-electron chi connectivity index (χ4n) is 3.57. The minimum absolute atomic E-state index is 0.337. The molecule has 1 aliphatic rings. The molecule has 0 saturated heterocycles. The molecule has 23 heavy (non-hydrogen) atoms. The zero-order valence-electron chi connectivity index (χ0n) is 14.0. The first kappa shape index (κ1) is 17.6. The zero-order valence-corrected chi connectivity index (χ0v) is 14.0. The number of H-pyrrole nitrogens is 1. The van der Waals surface area contributed by atoms with Gasteiger partial charge in [-0.3, -0.25) is 9.59 Å². The number of hydrogen-bond acceptors (Lipinski definition) is 2. The summed E-state index contributed by atoms with van der Waals surface area (Å²) in [5, 5.41) is 18.8. The lowest BCUT2D eigenvalue weighted by Crippen LogP contribution is -2.36. The van der Waals surface area contributed by atoms with Crippen LogP contribution in [0.15, 0.2) is 0 Å². The third kappa shape index (κ3) is 3.77. The van der Waals surface area contributed by atoms with Gasteiger partial charge in [-0.1, -0.05) is 26.7 Å². The number of aromatic nitrogens is 1. The lowest BCUT2D eigenvalue weighted by Gasteiger charge is -2.27. The van der Waals surface area contributed by atoms with Crippen molar-refractivity contribution in [3.8, 4) is 0 Å². The minimum atomic E-state index is -0.999. The second-order valence-corrected chi connectivity index (χ2v) is 6.54. The first-order valence-electron chi connectivity index (χ1n) is 8.66. The highest BCUT2D eigenvalue weighted by Gasteiger charge is 2.40. The van der Waals surface area contributed by atoms with E-state index in [9.17, 15) is 19.8 Å². The zero-order chi connectivity index (χ0) is 17.0. The van der Waals surface area contributed by atoms with Gasteiger partial charge in [-0.2, -0.15) is 0 Å². The number of aromatic amines is 1. The lowest BCUT2D eigenvalue weighted by molar-refractivity contribution is -0.154. The van der Waals surface area contributed by atoms with E-state index in [1.54, 1.807) is 0 Å². The predicted octanol–water partition coefficient (Wildman–Crippen LogP) is 3.20. The van der Waals surface area contributed by atoms with E-state index in [1.165, 1.54) is 0 Å². The molecule has 5 heteroatoms. The molecule has 2 atom stereocenters. The van der Waals surface area contributed by atoms with E-state index >= 15 is 0 Å². The highest BCUT2D eigenvalue weighted by molar-refractivity contribution is 5.81. The summed E-state index contributed by atoms with van der Waals surface area (Å²) < 4.78 is 0. The largest absolute Gasteiger partial charge is 0.481 e. The maximum Gasteiger partial charge on any atom is 0.307 e. The van der Waals surface area contributed by atoms with E-state index < -0.39 is 23.8 Å². The number of hydrogen-bond donors (Lipinski definition) is 3. The molecule has 0 fully saturated rings. The Labute approximate surface area is 137 Å². The van der Waals surface area contributed by atoms with Crippen LogP contribution in [0.2, 0.25) is 0 Å². The van der Waals surface area contributed by atoms with Crippen LogP contribution in [0.4, 0.5) is 0 Å². The molecule has 2 rings (SSSR count). The van der Waals surface area contributed by atoms with Crippen molar-refractivity contribution in [3.63, 3.8) is 0 Å². The van der Waals surface area contributed by atoms with E-state index in [1.807, 2.05) is 0 Å². The second-order valence-electron chi connectivity index (χ2n) is 6.54. The molecule has 0 bridgehead atoms. The van der Waals surface area contributed by atoms with Crippen LogP contribution in [0, 0.1) is 11.8 Å². The van der Waals surface area contributed by atoms with Gasteiger partial charge in [0, 0.05) is 11.4 Å². The Hall–Kier alpha value is -1.78. The summed E-state index contributed by atoms with van der Waals surface area (Å²) in [6, 6.07) is 0. The van der Waals surface area contributed by atoms with Gasteiger partial charge in [-0.05, 0) is 49.7 Å². The van der Waals surface area contributed by atoms with Crippen molar-refractivity contribution in [2.45, 2.75) is 65.2 Å². The molecular formula is C18H27NO4. The normalized spacial score (nSPS) is 20.3. The molecule has 0 amide bonds. The van der Waals surface area contributed by atoms with Gasteiger partial charge in [-0.25, -0.2) is 0 Å². The van der Waals surface area contributed by atoms with Crippen LogP contribution < -0.4 is 0 Å². The van der Waals surface area contributed by atoms with E-state index in [4.69, 9.17) is 0 Å². The summed E-state index contributed by atoms with van der Waals surface area (Å²) in [7, 11) is 0. The Balaban J connectivity index is 2.38. The lowest BCUT2D eigenvalue weighted by atomic mass is 9.75. The Morgan fingerprint density at radius 2 is 1.30 bits per heavy atom. The van der Waals surface area contributed by atoms with E-state index in [0.29, 0.717) is 12.8 Å². The molecule has 0 radical (unpaired) electrons. The first-order chi connectivity index (χ1) is 11.0. The molecule has 128 valence electrons. The number of aryl methyl sites for hydroxylation is 2. The number of carboxylic acids is 2. The van der Waals surface area contributed by atoms with Crippen molar-refractivity contribution in [3.05, 3.63) is 22.5 Å². The van der Waals surface area contributed by atoms with Crippen molar-refractivity contribution in [2.75, 3.05) is 0 Å². The molecule has 5 nitrogen and oxygen atoms in total. The summed E-state index contributed by atoms with van der Waals surface area (Å²) in [6.07, 6.45) is 6.77. The van der Waals surface area contributed by atoms with Crippen LogP contribution in [-0.4, -0.2) is 27.1 Å². The molecule has 0 aromatic carbocycles. The second kappa shape index (κ2) is 7.66. The maximum absolute atomic E-state index is 11.5. The van der Waals surface area contributed by atoms with Crippen LogP contribution in [0.5, 0.6) is 0 Å². The summed E-state index contributed by atoms with van der Waals surface area (Å²) in [5.41, 5.74) is 4.41. The molecular weight excluding hydrogens is 294 g/mol. The number of rotatable bonds is 8. The van der Waals surface area contributed by atoms with E-state index in [2.05, 4.69) is 18.8 Å². The van der Waals surface area contributed by atoms with Crippen LogP contribution in [-0.2, 0) is 35.3 Å². The molecule has 1 aromatic heterocycles. The molecule has 1 aromatic rings. The predicted molar refractivity (Wildman–Crippen MR) is 87.7 cm³/mol. The molecule has 0 saturated carbocycles. The quantitative estimate of drug-likeness (QED) is 0.686. The molecule has 1 aliphatic carbocycles. The van der Waals surface area contributed by atoms with Gasteiger partial charge in [0.2, 0.25) is 0 Å². The van der Waals surface area contributed by atoms with Crippen LogP contribution in [0.25, 0.3) is 0 Å². The Morgan fingerprint density at radius 3 is 1.61 bits per heavy atom. The van der Waals surface area contributed by atoms with Gasteiger partial charge < -0.3 is 15.2 Å². The van der Waals surface area contributed by atoms with Gasteiger partial charge in [-0.15, -0.1) is 0 Å². The highest BCUT2D eigenvalue weighted by Crippen LogP contribution is 2.36. The van der Waals surface area contributed by atoms with Gasteiger partial charge in [0.05, 0.1) is 11.8 Å². The molecule has 3 N–H and O–H groups in total. The Kier molecular flexibility index (Phi) is 5.85. The topological polar surface area (TPSA) is 90.4 Å². The van der Waals surface area contributed by atoms with Crippen molar-refractivity contribution in [2.24, 2.45) is 11.8 Å². The van der Waals surface area contributed by atoms with Crippen LogP contribution >= 0.6 is 0 Å². The number of fused-ring (bicyclic) bond motifs is 1. The van der Waals surface area contributed by atoms with Crippen LogP contribution in [0.3, 0.4) is 0 Å². The molecule has 0 aliphatic heterocycles. The molecule has 0 spiro atoms. The summed E-state index contributed by atoms with van der Waals surface area (Å²) in [6.45, 7) is 4.27. The summed E-state index contributed by atoms with van der Waals surface area (Å²) >= 11 is 0. The molecule has 2 unspecified atom stereocenters. The fraction of sp³-hybridized carbons (Fsp3) is 0.667. The average molecular weight is 321 g/mol.